The fraction of sp³-hybridized carbons (Fsp3) is 0. The first-order chi connectivity index (χ1) is 12.4. The Balaban J connectivity index is 1.99. The third-order valence-electron chi connectivity index (χ3n) is 3.49. The Morgan fingerprint density at radius 3 is 2.31 bits per heavy atom. The standard InChI is InChI=1S/C18H9BrCl3NO2S/c19-9-5-6-14(23-18(25)12-8-15(21)26-17(12)22)11(7-9)16(24)10-3-1-2-4-13(10)20/h1-8H,(H,23,25). The lowest BCUT2D eigenvalue weighted by atomic mass is 10.0. The van der Waals surface area contributed by atoms with Gasteiger partial charge in [-0.15, -0.1) is 11.3 Å². The second kappa shape index (κ2) is 8.11. The Labute approximate surface area is 177 Å². The zero-order chi connectivity index (χ0) is 18.8. The first kappa shape index (κ1) is 19.4. The van der Waals surface area contributed by atoms with Crippen molar-refractivity contribution in [1.29, 1.82) is 0 Å². The molecule has 2 aromatic carbocycles. The number of nitrogens with one attached hydrogen (secondary N) is 1. The number of hydrogen-bond acceptors (Lipinski definition) is 3. The van der Waals surface area contributed by atoms with Crippen LogP contribution in [-0.2, 0) is 0 Å². The van der Waals surface area contributed by atoms with E-state index in [0.717, 1.165) is 11.3 Å². The van der Waals surface area contributed by atoms with Gasteiger partial charge in [0.2, 0.25) is 0 Å². The van der Waals surface area contributed by atoms with E-state index in [1.165, 1.54) is 6.07 Å². The van der Waals surface area contributed by atoms with E-state index in [0.29, 0.717) is 30.6 Å². The number of carbonyl (C=O) groups excluding carboxylic acids is 2. The quantitative estimate of drug-likeness (QED) is 0.403. The Kier molecular flexibility index (Phi) is 6.05. The van der Waals surface area contributed by atoms with Gasteiger partial charge in [0.25, 0.3) is 5.91 Å². The van der Waals surface area contributed by atoms with Crippen LogP contribution in [0.25, 0.3) is 0 Å². The smallest absolute Gasteiger partial charge is 0.258 e. The summed E-state index contributed by atoms with van der Waals surface area (Å²) in [6.07, 6.45) is 0. The second-order valence-corrected chi connectivity index (χ2v) is 8.80. The van der Waals surface area contributed by atoms with Gasteiger partial charge >= 0.3 is 0 Å². The highest BCUT2D eigenvalue weighted by atomic mass is 79.9. The molecule has 0 saturated heterocycles. The van der Waals surface area contributed by atoms with Gasteiger partial charge in [0, 0.05) is 15.6 Å². The summed E-state index contributed by atoms with van der Waals surface area (Å²) in [7, 11) is 0. The second-order valence-electron chi connectivity index (χ2n) is 5.19. The minimum atomic E-state index is -0.450. The molecule has 3 aromatic rings. The number of amides is 1. The highest BCUT2D eigenvalue weighted by Crippen LogP contribution is 2.32. The summed E-state index contributed by atoms with van der Waals surface area (Å²) in [6.45, 7) is 0. The number of halogens is 4. The van der Waals surface area contributed by atoms with Crippen molar-refractivity contribution >= 4 is 79.4 Å². The van der Waals surface area contributed by atoms with Crippen LogP contribution in [0.4, 0.5) is 5.69 Å². The summed E-state index contributed by atoms with van der Waals surface area (Å²) in [6, 6.07) is 13.2. The molecule has 1 N–H and O–H groups in total. The molecule has 0 spiro atoms. The van der Waals surface area contributed by atoms with Crippen LogP contribution in [0, 0.1) is 0 Å². The molecule has 0 atom stereocenters. The number of rotatable bonds is 4. The fourth-order valence-electron chi connectivity index (χ4n) is 2.29. The lowest BCUT2D eigenvalue weighted by Crippen LogP contribution is -2.15. The minimum absolute atomic E-state index is 0.251. The zero-order valence-electron chi connectivity index (χ0n) is 12.9. The van der Waals surface area contributed by atoms with E-state index in [1.54, 1.807) is 42.5 Å². The topological polar surface area (TPSA) is 46.2 Å². The third kappa shape index (κ3) is 4.13. The molecule has 0 aliphatic rings. The maximum Gasteiger partial charge on any atom is 0.258 e. The average molecular weight is 490 g/mol. The van der Waals surface area contributed by atoms with Crippen LogP contribution in [-0.4, -0.2) is 11.7 Å². The summed E-state index contributed by atoms with van der Waals surface area (Å²) < 4.78 is 1.38. The van der Waals surface area contributed by atoms with Crippen molar-refractivity contribution in [2.24, 2.45) is 0 Å². The molecule has 0 radical (unpaired) electrons. The summed E-state index contributed by atoms with van der Waals surface area (Å²) in [4.78, 5) is 25.4. The van der Waals surface area contributed by atoms with E-state index in [-0.39, 0.29) is 15.7 Å². The van der Waals surface area contributed by atoms with E-state index >= 15 is 0 Å². The maximum atomic E-state index is 12.9. The predicted molar refractivity (Wildman–Crippen MR) is 111 cm³/mol. The molecule has 0 aliphatic heterocycles. The molecule has 132 valence electrons. The largest absolute Gasteiger partial charge is 0.321 e. The molecule has 0 bridgehead atoms. The Morgan fingerprint density at radius 1 is 0.923 bits per heavy atom. The van der Waals surface area contributed by atoms with Gasteiger partial charge in [-0.2, -0.15) is 0 Å². The van der Waals surface area contributed by atoms with Crippen molar-refractivity contribution in [3.63, 3.8) is 0 Å². The normalized spacial score (nSPS) is 10.6. The maximum absolute atomic E-state index is 12.9. The molecule has 1 heterocycles. The number of carbonyl (C=O) groups is 2. The summed E-state index contributed by atoms with van der Waals surface area (Å²) in [5, 5.41) is 3.05. The SMILES string of the molecule is O=C(c1ccccc1Cl)c1cc(Br)ccc1NC(=O)c1cc(Cl)sc1Cl. The highest BCUT2D eigenvalue weighted by molar-refractivity contribution is 9.10. The minimum Gasteiger partial charge on any atom is -0.321 e. The van der Waals surface area contributed by atoms with E-state index < -0.39 is 5.91 Å². The van der Waals surface area contributed by atoms with Crippen molar-refractivity contribution < 1.29 is 9.59 Å². The van der Waals surface area contributed by atoms with Gasteiger partial charge < -0.3 is 5.32 Å². The van der Waals surface area contributed by atoms with Crippen LogP contribution in [0.3, 0.4) is 0 Å². The highest BCUT2D eigenvalue weighted by Gasteiger charge is 2.20. The van der Waals surface area contributed by atoms with E-state index in [9.17, 15) is 9.59 Å². The number of benzene rings is 2. The van der Waals surface area contributed by atoms with Crippen LogP contribution < -0.4 is 5.32 Å². The van der Waals surface area contributed by atoms with Crippen LogP contribution in [0.15, 0.2) is 53.0 Å². The molecule has 26 heavy (non-hydrogen) atoms. The molecule has 1 amide bonds. The molecular formula is C18H9BrCl3NO2S. The Morgan fingerprint density at radius 2 is 1.65 bits per heavy atom. The lowest BCUT2D eigenvalue weighted by Gasteiger charge is -2.12. The van der Waals surface area contributed by atoms with Crippen LogP contribution in [0.1, 0.15) is 26.3 Å². The Hall–Kier alpha value is -1.37. The van der Waals surface area contributed by atoms with Gasteiger partial charge in [-0.25, -0.2) is 0 Å². The number of anilines is 1. The molecule has 0 fully saturated rings. The molecule has 1 aromatic heterocycles. The molecule has 0 unspecified atom stereocenters. The summed E-state index contributed by atoms with van der Waals surface area (Å²) in [5.41, 5.74) is 1.25. The van der Waals surface area contributed by atoms with E-state index in [4.69, 9.17) is 34.8 Å². The lowest BCUT2D eigenvalue weighted by molar-refractivity contribution is 0.102. The van der Waals surface area contributed by atoms with Crippen molar-refractivity contribution in [2.75, 3.05) is 5.32 Å². The molecule has 0 saturated carbocycles. The fourth-order valence-corrected chi connectivity index (χ4v) is 4.33. The van der Waals surface area contributed by atoms with Crippen LogP contribution in [0.2, 0.25) is 13.7 Å². The van der Waals surface area contributed by atoms with Crippen molar-refractivity contribution in [3.8, 4) is 0 Å². The monoisotopic (exact) mass is 487 g/mol. The number of thiophene rings is 1. The number of ketones is 1. The predicted octanol–water partition coefficient (Wildman–Crippen LogP) is 6.95. The summed E-state index contributed by atoms with van der Waals surface area (Å²) >= 11 is 22.5. The van der Waals surface area contributed by atoms with Gasteiger partial charge in [-0.3, -0.25) is 9.59 Å². The van der Waals surface area contributed by atoms with Gasteiger partial charge in [-0.1, -0.05) is 62.9 Å². The molecule has 0 aliphatic carbocycles. The molecule has 3 rings (SSSR count). The Bertz CT molecular complexity index is 1020. The van der Waals surface area contributed by atoms with Crippen LogP contribution >= 0.6 is 62.1 Å². The van der Waals surface area contributed by atoms with Gasteiger partial charge in [0.1, 0.15) is 4.34 Å². The van der Waals surface area contributed by atoms with Gasteiger partial charge in [-0.05, 0) is 36.4 Å². The van der Waals surface area contributed by atoms with Gasteiger partial charge in [0.15, 0.2) is 5.78 Å². The van der Waals surface area contributed by atoms with Crippen LogP contribution in [0.5, 0.6) is 0 Å². The van der Waals surface area contributed by atoms with Crippen molar-refractivity contribution in [2.45, 2.75) is 0 Å². The molecule has 3 nitrogen and oxygen atoms in total. The molecule has 8 heteroatoms. The van der Waals surface area contributed by atoms with Gasteiger partial charge in [0.05, 0.1) is 20.6 Å². The van der Waals surface area contributed by atoms with Crippen molar-refractivity contribution in [3.05, 3.63) is 83.4 Å². The third-order valence-corrected chi connectivity index (χ3v) is 5.80. The van der Waals surface area contributed by atoms with E-state index in [2.05, 4.69) is 21.2 Å². The average Bonchev–Trinajstić information content (AvgIpc) is 2.94. The summed E-state index contributed by atoms with van der Waals surface area (Å²) in [5.74, 6) is -0.754. The molecular weight excluding hydrogens is 481 g/mol. The van der Waals surface area contributed by atoms with Crippen molar-refractivity contribution in [1.82, 2.24) is 0 Å². The van der Waals surface area contributed by atoms with E-state index in [1.807, 2.05) is 0 Å². The number of hydrogen-bond donors (Lipinski definition) is 1. The first-order valence-corrected chi connectivity index (χ1v) is 9.96. The zero-order valence-corrected chi connectivity index (χ0v) is 17.5. The first-order valence-electron chi connectivity index (χ1n) is 7.22.